The zero-order valence-corrected chi connectivity index (χ0v) is 15.9. The summed E-state index contributed by atoms with van der Waals surface area (Å²) in [5, 5.41) is 0.985. The molecule has 0 unspecified atom stereocenters. The molecule has 1 fully saturated rings. The molecule has 1 N–H and O–H groups in total. The summed E-state index contributed by atoms with van der Waals surface area (Å²) in [6.07, 6.45) is 2.57. The lowest BCUT2D eigenvalue weighted by Crippen LogP contribution is -2.38. The van der Waals surface area contributed by atoms with E-state index in [-0.39, 0.29) is 23.5 Å². The van der Waals surface area contributed by atoms with E-state index in [0.717, 1.165) is 35.9 Å². The maximum Gasteiger partial charge on any atom is 0.253 e. The number of pyridine rings is 1. The Morgan fingerprint density at radius 3 is 2.85 bits per heavy atom. The number of nitrogens with zero attached hydrogens (tertiary/aromatic N) is 1. The van der Waals surface area contributed by atoms with Gasteiger partial charge in [-0.2, -0.15) is 0 Å². The maximum absolute atomic E-state index is 12.7. The van der Waals surface area contributed by atoms with Gasteiger partial charge >= 0.3 is 0 Å². The number of aryl methyl sites for hydroxylation is 1. The Morgan fingerprint density at radius 1 is 1.35 bits per heavy atom. The second-order valence-electron chi connectivity index (χ2n) is 7.72. The van der Waals surface area contributed by atoms with Crippen molar-refractivity contribution >= 4 is 16.8 Å². The molecule has 0 bridgehead atoms. The van der Waals surface area contributed by atoms with E-state index >= 15 is 0 Å². The highest BCUT2D eigenvalue weighted by Gasteiger charge is 2.24. The second-order valence-corrected chi connectivity index (χ2v) is 7.72. The van der Waals surface area contributed by atoms with Crippen LogP contribution in [0.3, 0.4) is 0 Å². The first-order valence-electron chi connectivity index (χ1n) is 9.44. The first-order chi connectivity index (χ1) is 12.4. The van der Waals surface area contributed by atoms with E-state index in [9.17, 15) is 9.59 Å². The topological polar surface area (TPSA) is 62.4 Å². The minimum atomic E-state index is -0.127. The summed E-state index contributed by atoms with van der Waals surface area (Å²) >= 11 is 0. The molecule has 1 atom stereocenters. The van der Waals surface area contributed by atoms with Crippen LogP contribution in [0.4, 0.5) is 0 Å². The van der Waals surface area contributed by atoms with Gasteiger partial charge in [-0.3, -0.25) is 9.59 Å². The molecule has 140 valence electrons. The van der Waals surface area contributed by atoms with Gasteiger partial charge in [0.1, 0.15) is 0 Å². The van der Waals surface area contributed by atoms with Crippen molar-refractivity contribution in [1.29, 1.82) is 0 Å². The van der Waals surface area contributed by atoms with E-state index < -0.39 is 0 Å². The van der Waals surface area contributed by atoms with Crippen molar-refractivity contribution in [3.63, 3.8) is 0 Å². The van der Waals surface area contributed by atoms with E-state index in [2.05, 4.69) is 4.98 Å². The average molecular weight is 356 g/mol. The molecule has 1 aromatic heterocycles. The van der Waals surface area contributed by atoms with Crippen molar-refractivity contribution in [2.45, 2.75) is 52.7 Å². The number of hydrogen-bond acceptors (Lipinski definition) is 3. The van der Waals surface area contributed by atoms with Crippen LogP contribution in [0.5, 0.6) is 0 Å². The quantitative estimate of drug-likeness (QED) is 0.863. The Kier molecular flexibility index (Phi) is 5.77. The molecular formula is C21H28N2O3. The molecule has 5 nitrogen and oxygen atoms in total. The zero-order valence-electron chi connectivity index (χ0n) is 15.9. The fraction of sp³-hybridized carbons (Fsp3) is 0.524. The summed E-state index contributed by atoms with van der Waals surface area (Å²) in [6.45, 7) is 7.70. The monoisotopic (exact) mass is 356 g/mol. The highest BCUT2D eigenvalue weighted by Crippen LogP contribution is 2.18. The van der Waals surface area contributed by atoms with E-state index in [1.54, 1.807) is 4.90 Å². The predicted molar refractivity (Wildman–Crippen MR) is 103 cm³/mol. The Morgan fingerprint density at radius 2 is 2.15 bits per heavy atom. The Balaban J connectivity index is 1.85. The van der Waals surface area contributed by atoms with Gasteiger partial charge < -0.3 is 14.6 Å². The molecule has 3 rings (SSSR count). The summed E-state index contributed by atoms with van der Waals surface area (Å²) in [5.41, 5.74) is 2.43. The van der Waals surface area contributed by atoms with Crippen LogP contribution in [0.2, 0.25) is 0 Å². The number of aromatic amines is 1. The maximum atomic E-state index is 12.7. The molecule has 26 heavy (non-hydrogen) atoms. The first-order valence-corrected chi connectivity index (χ1v) is 9.44. The van der Waals surface area contributed by atoms with Crippen molar-refractivity contribution in [1.82, 2.24) is 9.88 Å². The van der Waals surface area contributed by atoms with Gasteiger partial charge in [-0.1, -0.05) is 26.0 Å². The Labute approximate surface area is 154 Å². The summed E-state index contributed by atoms with van der Waals surface area (Å²) in [6, 6.07) is 7.90. The SMILES string of the molecule is Cc1ccc2cc(CN(C[C@H]3CCCO3)C(=O)CC(C)C)c(=O)[nH]c2c1. The molecule has 5 heteroatoms. The highest BCUT2D eigenvalue weighted by molar-refractivity contribution is 5.80. The van der Waals surface area contributed by atoms with Crippen LogP contribution in [-0.2, 0) is 16.1 Å². The number of fused-ring (bicyclic) bond motifs is 1. The lowest BCUT2D eigenvalue weighted by Gasteiger charge is -2.26. The van der Waals surface area contributed by atoms with Gasteiger partial charge in [0.25, 0.3) is 5.56 Å². The van der Waals surface area contributed by atoms with E-state index in [0.29, 0.717) is 25.1 Å². The molecule has 0 radical (unpaired) electrons. The van der Waals surface area contributed by atoms with Gasteiger partial charge in [-0.15, -0.1) is 0 Å². The zero-order chi connectivity index (χ0) is 18.7. The highest BCUT2D eigenvalue weighted by atomic mass is 16.5. The minimum Gasteiger partial charge on any atom is -0.376 e. The van der Waals surface area contributed by atoms with Crippen LogP contribution in [0.1, 0.15) is 44.2 Å². The van der Waals surface area contributed by atoms with Gasteiger partial charge in [0.15, 0.2) is 0 Å². The third-order valence-corrected chi connectivity index (χ3v) is 4.82. The molecule has 1 saturated heterocycles. The van der Waals surface area contributed by atoms with Crippen molar-refractivity contribution in [3.8, 4) is 0 Å². The first kappa shape index (κ1) is 18.6. The molecule has 0 saturated carbocycles. The molecule has 0 spiro atoms. The van der Waals surface area contributed by atoms with Crippen LogP contribution >= 0.6 is 0 Å². The number of H-pyrrole nitrogens is 1. The molecule has 1 aliphatic rings. The third kappa shape index (κ3) is 4.52. The normalized spacial score (nSPS) is 17.2. The van der Waals surface area contributed by atoms with Crippen LogP contribution in [0.15, 0.2) is 29.1 Å². The summed E-state index contributed by atoms with van der Waals surface area (Å²) in [7, 11) is 0. The number of aromatic nitrogens is 1. The van der Waals surface area contributed by atoms with Crippen molar-refractivity contribution in [2.24, 2.45) is 5.92 Å². The standard InChI is InChI=1S/C21H28N2O3/c1-14(2)9-20(24)23(13-18-5-4-8-26-18)12-17-11-16-7-6-15(3)10-19(16)22-21(17)25/h6-7,10-11,14,18H,4-5,8-9,12-13H2,1-3H3,(H,22,25)/t18-/m1/s1. The van der Waals surface area contributed by atoms with Crippen LogP contribution in [0.25, 0.3) is 10.9 Å². The van der Waals surface area contributed by atoms with E-state index in [4.69, 9.17) is 4.74 Å². The van der Waals surface area contributed by atoms with Gasteiger partial charge in [0, 0.05) is 30.7 Å². The predicted octanol–water partition coefficient (Wildman–Crippen LogP) is 3.39. The fourth-order valence-corrected chi connectivity index (χ4v) is 3.45. The van der Waals surface area contributed by atoms with Crippen molar-refractivity contribution in [3.05, 3.63) is 45.7 Å². The number of amides is 1. The lowest BCUT2D eigenvalue weighted by atomic mass is 10.1. The molecule has 2 aromatic rings. The van der Waals surface area contributed by atoms with Gasteiger partial charge in [-0.25, -0.2) is 0 Å². The summed E-state index contributed by atoms with van der Waals surface area (Å²) in [5.74, 6) is 0.367. The average Bonchev–Trinajstić information content (AvgIpc) is 3.07. The number of ether oxygens (including phenoxy) is 1. The summed E-state index contributed by atoms with van der Waals surface area (Å²) < 4.78 is 5.71. The van der Waals surface area contributed by atoms with Gasteiger partial charge in [0.2, 0.25) is 5.91 Å². The molecule has 2 heterocycles. The van der Waals surface area contributed by atoms with Gasteiger partial charge in [-0.05, 0) is 48.8 Å². The molecule has 1 aliphatic heterocycles. The number of nitrogens with one attached hydrogen (secondary N) is 1. The third-order valence-electron chi connectivity index (χ3n) is 4.82. The van der Waals surface area contributed by atoms with E-state index in [1.165, 1.54) is 0 Å². The van der Waals surface area contributed by atoms with Crippen LogP contribution in [0, 0.1) is 12.8 Å². The number of carbonyl (C=O) groups excluding carboxylic acids is 1. The lowest BCUT2D eigenvalue weighted by molar-refractivity contribution is -0.134. The number of carbonyl (C=O) groups is 1. The van der Waals surface area contributed by atoms with Gasteiger partial charge in [0.05, 0.1) is 12.6 Å². The smallest absolute Gasteiger partial charge is 0.253 e. The van der Waals surface area contributed by atoms with Crippen LogP contribution in [-0.4, -0.2) is 35.0 Å². The Hall–Kier alpha value is -2.14. The van der Waals surface area contributed by atoms with Crippen molar-refractivity contribution < 1.29 is 9.53 Å². The minimum absolute atomic E-state index is 0.0771. The molecule has 0 aliphatic carbocycles. The Bertz CT molecular complexity index is 835. The number of hydrogen-bond donors (Lipinski definition) is 1. The fourth-order valence-electron chi connectivity index (χ4n) is 3.45. The number of rotatable bonds is 6. The molecule has 1 amide bonds. The molecular weight excluding hydrogens is 328 g/mol. The van der Waals surface area contributed by atoms with Crippen LogP contribution < -0.4 is 5.56 Å². The van der Waals surface area contributed by atoms with Crippen molar-refractivity contribution in [2.75, 3.05) is 13.2 Å². The number of benzene rings is 1. The second kappa shape index (κ2) is 8.04. The largest absolute Gasteiger partial charge is 0.376 e. The molecule has 1 aromatic carbocycles. The summed E-state index contributed by atoms with van der Waals surface area (Å²) in [4.78, 5) is 30.0. The van der Waals surface area contributed by atoms with E-state index in [1.807, 2.05) is 45.0 Å².